The molecule has 3 aliphatic rings. The molecule has 4 rings (SSSR count). The molecule has 0 spiro atoms. The van der Waals surface area contributed by atoms with Crippen LogP contribution in [0.3, 0.4) is 0 Å². The maximum absolute atomic E-state index is 14.0. The van der Waals surface area contributed by atoms with Crippen molar-refractivity contribution >= 4 is 41.0 Å². The van der Waals surface area contributed by atoms with Crippen LogP contribution in [0.15, 0.2) is 42.6 Å². The Kier molecular flexibility index (Phi) is 5.40. The number of allylic oxidation sites excluding steroid dienone is 2. The maximum atomic E-state index is 14.0. The third-order valence-corrected chi connectivity index (χ3v) is 6.66. The third kappa shape index (κ3) is 2.79. The van der Waals surface area contributed by atoms with Crippen molar-refractivity contribution in [1.29, 1.82) is 0 Å². The van der Waals surface area contributed by atoms with Gasteiger partial charge < -0.3 is 20.2 Å². The Morgan fingerprint density at radius 1 is 1.12 bits per heavy atom. The highest BCUT2D eigenvalue weighted by atomic mass is 16.4. The molecule has 11 nitrogen and oxygen atoms in total. The molecule has 1 aromatic rings. The Morgan fingerprint density at radius 2 is 1.82 bits per heavy atom. The number of carboxylic acid groups (broad SMARTS) is 3. The lowest BCUT2D eigenvalue weighted by Gasteiger charge is -2.53. The number of fused-ring (bicyclic) bond motifs is 1. The number of benzene rings is 1. The lowest BCUT2D eigenvalue weighted by molar-refractivity contribution is -0.139. The zero-order valence-corrected chi connectivity index (χ0v) is 19.1. The molecule has 1 aromatic carbocycles. The normalized spacial score (nSPS) is 26.5. The van der Waals surface area contributed by atoms with E-state index in [1.807, 2.05) is 0 Å². The largest absolute Gasteiger partial charge is 0.546 e. The van der Waals surface area contributed by atoms with Crippen molar-refractivity contribution < 1.29 is 34.5 Å². The summed E-state index contributed by atoms with van der Waals surface area (Å²) < 4.78 is -0.930. The van der Waals surface area contributed by atoms with Crippen molar-refractivity contribution in [2.45, 2.75) is 45.4 Å². The summed E-state index contributed by atoms with van der Waals surface area (Å²) in [6, 6.07) is 4.76. The topological polar surface area (TPSA) is 139 Å². The first-order chi connectivity index (χ1) is 16.0. The SMILES string of the molecule is CCC1N(C(=O)O)c2ccc3cc2[N+]1(C(=O)O)N3C1(C(=O)C(C)C)C=CC=CN1CCC(=O)O. The second-order valence-electron chi connectivity index (χ2n) is 8.78. The van der Waals surface area contributed by atoms with Crippen molar-refractivity contribution in [1.82, 2.24) is 9.49 Å². The van der Waals surface area contributed by atoms with Crippen LogP contribution in [0.1, 0.15) is 33.6 Å². The van der Waals surface area contributed by atoms with Gasteiger partial charge in [-0.05, 0) is 24.3 Å². The Bertz CT molecular complexity index is 1150. The van der Waals surface area contributed by atoms with Gasteiger partial charge in [-0.15, -0.1) is 0 Å². The molecular weight excluding hydrogens is 444 g/mol. The Hall–Kier alpha value is -3.86. The minimum Gasteiger partial charge on any atom is -0.481 e. The molecule has 0 radical (unpaired) electrons. The van der Waals surface area contributed by atoms with E-state index in [2.05, 4.69) is 0 Å². The van der Waals surface area contributed by atoms with Crippen LogP contribution >= 0.6 is 0 Å². The van der Waals surface area contributed by atoms with Gasteiger partial charge >= 0.3 is 18.2 Å². The van der Waals surface area contributed by atoms with Gasteiger partial charge in [-0.2, -0.15) is 9.80 Å². The monoisotopic (exact) mass is 471 g/mol. The minimum absolute atomic E-state index is 0.0624. The van der Waals surface area contributed by atoms with E-state index in [-0.39, 0.29) is 36.5 Å². The molecule has 0 saturated carbocycles. The van der Waals surface area contributed by atoms with Gasteiger partial charge in [0.05, 0.1) is 12.1 Å². The van der Waals surface area contributed by atoms with Gasteiger partial charge in [0, 0.05) is 31.1 Å². The number of anilines is 2. The average Bonchev–Trinajstić information content (AvgIpc) is 3.22. The van der Waals surface area contributed by atoms with E-state index in [0.29, 0.717) is 5.69 Å². The van der Waals surface area contributed by atoms with Crippen molar-refractivity contribution in [2.75, 3.05) is 16.5 Å². The second kappa shape index (κ2) is 7.87. The van der Waals surface area contributed by atoms with E-state index >= 15 is 0 Å². The van der Waals surface area contributed by atoms with Gasteiger partial charge in [-0.25, -0.2) is 9.69 Å². The lowest BCUT2D eigenvalue weighted by atomic mass is 9.90. The van der Waals surface area contributed by atoms with Gasteiger partial charge in [0.25, 0.3) is 0 Å². The Labute approximate surface area is 195 Å². The standard InChI is InChI=1S/C23H26N4O7/c1-4-18-25(21(31)32)16-8-7-15-13-17(16)27(18,22(33)34)26(15)23(20(30)14(2)3)10-5-6-11-24(23)12-9-19(28)29/h5-8,10-11,13-14,18H,4,9,12H2,1-3H3,(H2-,28,29,31,32,33,34)/p+1. The number of hydrogen-bond acceptors (Lipinski definition) is 6. The minimum atomic E-state index is -1.70. The second-order valence-corrected chi connectivity index (χ2v) is 8.78. The molecule has 0 fully saturated rings. The van der Waals surface area contributed by atoms with Crippen molar-refractivity contribution in [3.05, 3.63) is 42.6 Å². The van der Waals surface area contributed by atoms with Crippen LogP contribution in [0.2, 0.25) is 0 Å². The summed E-state index contributed by atoms with van der Waals surface area (Å²) in [6.07, 6.45) is 2.60. The lowest BCUT2D eigenvalue weighted by Crippen LogP contribution is -2.80. The average molecular weight is 471 g/mol. The van der Waals surface area contributed by atoms with E-state index in [1.165, 1.54) is 9.91 Å². The van der Waals surface area contributed by atoms with Gasteiger partial charge in [0.15, 0.2) is 11.5 Å². The highest BCUT2D eigenvalue weighted by Crippen LogP contribution is 2.58. The Balaban J connectivity index is 2.03. The zero-order valence-electron chi connectivity index (χ0n) is 19.1. The molecule has 3 N–H and O–H groups in total. The van der Waals surface area contributed by atoms with Crippen molar-refractivity contribution in [3.8, 4) is 0 Å². The van der Waals surface area contributed by atoms with Gasteiger partial charge in [0.2, 0.25) is 11.8 Å². The zero-order chi connectivity index (χ0) is 25.0. The quantitative estimate of drug-likeness (QED) is 0.511. The first-order valence-electron chi connectivity index (χ1n) is 11.0. The first kappa shape index (κ1) is 23.3. The van der Waals surface area contributed by atoms with E-state index < -0.39 is 40.5 Å². The van der Waals surface area contributed by atoms with Crippen LogP contribution in [0, 0.1) is 5.92 Å². The predicted octanol–water partition coefficient (Wildman–Crippen LogP) is 3.42. The fourth-order valence-corrected chi connectivity index (χ4v) is 5.42. The van der Waals surface area contributed by atoms with Crippen LogP contribution in [-0.4, -0.2) is 62.5 Å². The molecule has 3 unspecified atom stereocenters. The summed E-state index contributed by atoms with van der Waals surface area (Å²) in [4.78, 5) is 53.4. The number of rotatable bonds is 7. The molecule has 180 valence electrons. The van der Waals surface area contributed by atoms with E-state index in [9.17, 15) is 34.5 Å². The van der Waals surface area contributed by atoms with Gasteiger partial charge in [-0.3, -0.25) is 9.59 Å². The van der Waals surface area contributed by atoms with Crippen LogP contribution in [0.25, 0.3) is 0 Å². The number of carbonyl (C=O) groups excluding carboxylic acids is 1. The molecule has 0 saturated heterocycles. The fraction of sp³-hybridized carbons (Fsp3) is 0.391. The fourth-order valence-electron chi connectivity index (χ4n) is 5.42. The number of carboxylic acids is 1. The maximum Gasteiger partial charge on any atom is 0.546 e. The number of hydrogen-bond donors (Lipinski definition) is 3. The summed E-state index contributed by atoms with van der Waals surface area (Å²) in [5.41, 5.74) is -0.783. The molecule has 11 heteroatoms. The van der Waals surface area contributed by atoms with Crippen LogP contribution in [-0.2, 0) is 9.59 Å². The number of Topliss-reactive ketones (excluding diaryl/α,β-unsaturated/α-hetero) is 1. The van der Waals surface area contributed by atoms with Crippen molar-refractivity contribution in [2.24, 2.45) is 5.92 Å². The van der Waals surface area contributed by atoms with Gasteiger partial charge in [-0.1, -0.05) is 31.4 Å². The van der Waals surface area contributed by atoms with Crippen LogP contribution in [0.5, 0.6) is 0 Å². The highest BCUT2D eigenvalue weighted by Gasteiger charge is 2.72. The molecule has 3 heterocycles. The number of nitrogens with zero attached hydrogens (tertiary/aromatic N) is 4. The summed E-state index contributed by atoms with van der Waals surface area (Å²) in [7, 11) is 0. The molecule has 2 bridgehead atoms. The summed E-state index contributed by atoms with van der Waals surface area (Å²) in [5, 5.41) is 31.5. The smallest absolute Gasteiger partial charge is 0.481 e. The van der Waals surface area contributed by atoms with E-state index in [4.69, 9.17) is 0 Å². The van der Waals surface area contributed by atoms with E-state index in [1.54, 1.807) is 63.4 Å². The molecule has 34 heavy (non-hydrogen) atoms. The highest BCUT2D eigenvalue weighted by molar-refractivity contribution is 6.08. The molecule has 0 aliphatic carbocycles. The molecular formula is C23H27N4O7+. The van der Waals surface area contributed by atoms with Crippen LogP contribution < -0.4 is 14.5 Å². The summed E-state index contributed by atoms with van der Waals surface area (Å²) in [6.45, 7) is 5.02. The van der Waals surface area contributed by atoms with Crippen molar-refractivity contribution in [3.63, 3.8) is 0 Å². The van der Waals surface area contributed by atoms with Gasteiger partial charge in [0.1, 0.15) is 5.69 Å². The molecule has 3 atom stereocenters. The molecule has 2 amide bonds. The van der Waals surface area contributed by atoms with Crippen LogP contribution in [0.4, 0.5) is 26.7 Å². The third-order valence-electron chi connectivity index (χ3n) is 6.66. The Morgan fingerprint density at radius 3 is 2.38 bits per heavy atom. The predicted molar refractivity (Wildman–Crippen MR) is 123 cm³/mol. The number of amides is 2. The number of quaternary nitrogens is 1. The number of ketones is 1. The number of carbonyl (C=O) groups is 4. The molecule has 0 aromatic heterocycles. The number of aliphatic carboxylic acids is 1. The summed E-state index contributed by atoms with van der Waals surface area (Å²) in [5.74, 6) is -1.95. The summed E-state index contributed by atoms with van der Waals surface area (Å²) >= 11 is 0. The van der Waals surface area contributed by atoms with E-state index in [0.717, 1.165) is 4.90 Å². The first-order valence-corrected chi connectivity index (χ1v) is 11.0. The molecule has 3 aliphatic heterocycles.